The first-order chi connectivity index (χ1) is 14.5. The maximum atomic E-state index is 13.4. The first kappa shape index (κ1) is 25.0. The van der Waals surface area contributed by atoms with Crippen molar-refractivity contribution >= 4 is 41.3 Å². The molecule has 6 nitrogen and oxygen atoms in total. The minimum Gasteiger partial charge on any atom is -0.439 e. The zero-order valence-corrected chi connectivity index (χ0v) is 20.9. The highest BCUT2D eigenvalue weighted by Crippen LogP contribution is 2.24. The molecule has 1 aromatic carbocycles. The van der Waals surface area contributed by atoms with E-state index in [-0.39, 0.29) is 29.8 Å². The summed E-state index contributed by atoms with van der Waals surface area (Å²) in [5, 5.41) is 9.66. The maximum absolute atomic E-state index is 13.4. The summed E-state index contributed by atoms with van der Waals surface area (Å²) >= 11 is 1.64. The minimum absolute atomic E-state index is 0. The number of thiazole rings is 1. The quantitative estimate of drug-likeness (QED) is 0.219. The number of halogens is 2. The number of benzene rings is 1. The van der Waals surface area contributed by atoms with Gasteiger partial charge in [-0.05, 0) is 31.0 Å². The Balaban J connectivity index is 0.00000341. The lowest BCUT2D eigenvalue weighted by atomic mass is 10.2. The monoisotopic (exact) mass is 555 g/mol. The van der Waals surface area contributed by atoms with E-state index in [1.54, 1.807) is 29.7 Å². The van der Waals surface area contributed by atoms with Gasteiger partial charge in [-0.25, -0.2) is 19.4 Å². The van der Waals surface area contributed by atoms with Crippen molar-refractivity contribution in [2.75, 3.05) is 6.54 Å². The first-order valence-electron chi connectivity index (χ1n) is 9.89. The fourth-order valence-electron chi connectivity index (χ4n) is 2.62. The maximum Gasteiger partial charge on any atom is 0.224 e. The lowest BCUT2D eigenvalue weighted by molar-refractivity contribution is 0.452. The molecular weight excluding hydrogens is 528 g/mol. The van der Waals surface area contributed by atoms with Crippen molar-refractivity contribution in [2.45, 2.75) is 39.8 Å². The second-order valence-corrected chi connectivity index (χ2v) is 7.84. The van der Waals surface area contributed by atoms with E-state index in [0.717, 1.165) is 22.8 Å². The Kier molecular flexibility index (Phi) is 10.1. The summed E-state index contributed by atoms with van der Waals surface area (Å²) in [4.78, 5) is 13.6. The van der Waals surface area contributed by atoms with Crippen molar-refractivity contribution in [3.63, 3.8) is 0 Å². The van der Waals surface area contributed by atoms with Gasteiger partial charge in [-0.15, -0.1) is 35.3 Å². The van der Waals surface area contributed by atoms with Gasteiger partial charge in [0.05, 0.1) is 18.8 Å². The van der Waals surface area contributed by atoms with Crippen LogP contribution in [0.15, 0.2) is 53.0 Å². The molecule has 0 amide bonds. The van der Waals surface area contributed by atoms with E-state index >= 15 is 0 Å². The molecule has 0 aliphatic rings. The first-order valence-corrected chi connectivity index (χ1v) is 10.8. The number of hydrogen-bond donors (Lipinski definition) is 2. The number of nitrogens with zero attached hydrogens (tertiary/aromatic N) is 3. The molecule has 0 fully saturated rings. The van der Waals surface area contributed by atoms with E-state index in [2.05, 4.69) is 44.8 Å². The van der Waals surface area contributed by atoms with Gasteiger partial charge in [0, 0.05) is 29.8 Å². The molecule has 0 radical (unpaired) electrons. The number of guanidine groups is 1. The fourth-order valence-corrected chi connectivity index (χ4v) is 3.51. The standard InChI is InChI=1S/C22H26FN5OS.HI/c1-4-24-22(27-13-20-28-19(14-30-20)15(2)3)26-12-16-7-6-10-25-21(16)29-18-9-5-8-17(23)11-18;/h5-11,14-15H,4,12-13H2,1-3H3,(H2,24,26,27);1H. The zero-order valence-electron chi connectivity index (χ0n) is 17.8. The highest BCUT2D eigenvalue weighted by molar-refractivity contribution is 14.0. The highest BCUT2D eigenvalue weighted by atomic mass is 127. The van der Waals surface area contributed by atoms with Crippen molar-refractivity contribution in [3.8, 4) is 11.6 Å². The van der Waals surface area contributed by atoms with Gasteiger partial charge in [0.2, 0.25) is 5.88 Å². The molecule has 31 heavy (non-hydrogen) atoms. The minimum atomic E-state index is -0.357. The van der Waals surface area contributed by atoms with Crippen LogP contribution in [0.5, 0.6) is 11.6 Å². The molecule has 0 bridgehead atoms. The van der Waals surface area contributed by atoms with Crippen LogP contribution in [-0.2, 0) is 13.1 Å². The van der Waals surface area contributed by atoms with E-state index in [0.29, 0.717) is 36.6 Å². The van der Waals surface area contributed by atoms with Gasteiger partial charge in [0.15, 0.2) is 5.96 Å². The Morgan fingerprint density at radius 2 is 2.06 bits per heavy atom. The second kappa shape index (κ2) is 12.6. The number of pyridine rings is 1. The van der Waals surface area contributed by atoms with Crippen LogP contribution >= 0.6 is 35.3 Å². The smallest absolute Gasteiger partial charge is 0.224 e. The summed E-state index contributed by atoms with van der Waals surface area (Å²) < 4.78 is 19.2. The molecule has 0 saturated carbocycles. The zero-order chi connectivity index (χ0) is 21.3. The van der Waals surface area contributed by atoms with Crippen molar-refractivity contribution < 1.29 is 9.13 Å². The normalized spacial score (nSPS) is 11.2. The summed E-state index contributed by atoms with van der Waals surface area (Å²) in [7, 11) is 0. The molecule has 0 unspecified atom stereocenters. The molecule has 3 rings (SSSR count). The summed E-state index contributed by atoms with van der Waals surface area (Å²) in [5.74, 6) is 1.54. The van der Waals surface area contributed by atoms with Crippen LogP contribution in [0.2, 0.25) is 0 Å². The molecule has 0 saturated heterocycles. The van der Waals surface area contributed by atoms with Gasteiger partial charge >= 0.3 is 0 Å². The molecule has 0 atom stereocenters. The average Bonchev–Trinajstić information content (AvgIpc) is 3.20. The molecular formula is C22H27FIN5OS. The lowest BCUT2D eigenvalue weighted by Crippen LogP contribution is -2.36. The van der Waals surface area contributed by atoms with Crippen molar-refractivity contribution in [1.82, 2.24) is 20.6 Å². The van der Waals surface area contributed by atoms with Crippen LogP contribution in [-0.4, -0.2) is 22.5 Å². The second-order valence-electron chi connectivity index (χ2n) is 6.90. The van der Waals surface area contributed by atoms with Gasteiger partial charge in [-0.3, -0.25) is 0 Å². The molecule has 0 spiro atoms. The molecule has 2 heterocycles. The Morgan fingerprint density at radius 1 is 1.23 bits per heavy atom. The van der Waals surface area contributed by atoms with Crippen LogP contribution in [0.1, 0.15) is 43.0 Å². The van der Waals surface area contributed by atoms with Gasteiger partial charge in [-0.1, -0.05) is 26.0 Å². The number of aliphatic imine (C=N–C) groups is 1. The van der Waals surface area contributed by atoms with Crippen LogP contribution in [0.25, 0.3) is 0 Å². The average molecular weight is 555 g/mol. The van der Waals surface area contributed by atoms with Crippen LogP contribution in [0.3, 0.4) is 0 Å². The molecule has 0 aliphatic carbocycles. The number of nitrogens with one attached hydrogen (secondary N) is 2. The Labute approximate surface area is 203 Å². The third-order valence-electron chi connectivity index (χ3n) is 4.18. The van der Waals surface area contributed by atoms with Crippen LogP contribution in [0.4, 0.5) is 4.39 Å². The fraction of sp³-hybridized carbons (Fsp3) is 0.318. The van der Waals surface area contributed by atoms with Crippen molar-refractivity contribution in [2.24, 2.45) is 4.99 Å². The van der Waals surface area contributed by atoms with Crippen LogP contribution < -0.4 is 15.4 Å². The molecule has 166 valence electrons. The summed E-state index contributed by atoms with van der Waals surface area (Å²) in [6.07, 6.45) is 1.64. The van der Waals surface area contributed by atoms with E-state index in [1.807, 2.05) is 19.1 Å². The SMILES string of the molecule is CCNC(=NCc1cccnc1Oc1cccc(F)c1)NCc1nc(C(C)C)cs1.I. The van der Waals surface area contributed by atoms with Gasteiger partial charge in [-0.2, -0.15) is 0 Å². The van der Waals surface area contributed by atoms with E-state index < -0.39 is 0 Å². The number of aromatic nitrogens is 2. The highest BCUT2D eigenvalue weighted by Gasteiger charge is 2.09. The third-order valence-corrected chi connectivity index (χ3v) is 5.05. The predicted molar refractivity (Wildman–Crippen MR) is 134 cm³/mol. The molecule has 2 N–H and O–H groups in total. The van der Waals surface area contributed by atoms with Gasteiger partial charge < -0.3 is 15.4 Å². The van der Waals surface area contributed by atoms with Gasteiger partial charge in [0.1, 0.15) is 16.6 Å². The van der Waals surface area contributed by atoms with E-state index in [1.165, 1.54) is 12.1 Å². The van der Waals surface area contributed by atoms with E-state index in [9.17, 15) is 4.39 Å². The summed E-state index contributed by atoms with van der Waals surface area (Å²) in [6, 6.07) is 9.71. The number of ether oxygens (including phenoxy) is 1. The van der Waals surface area contributed by atoms with Crippen LogP contribution in [0, 0.1) is 5.82 Å². The largest absolute Gasteiger partial charge is 0.439 e. The Hall–Kier alpha value is -2.27. The predicted octanol–water partition coefficient (Wildman–Crippen LogP) is 5.47. The Bertz CT molecular complexity index is 995. The molecule has 0 aliphatic heterocycles. The lowest BCUT2D eigenvalue weighted by Gasteiger charge is -2.12. The summed E-state index contributed by atoms with van der Waals surface area (Å²) in [5.41, 5.74) is 1.91. The van der Waals surface area contributed by atoms with Crippen molar-refractivity contribution in [1.29, 1.82) is 0 Å². The summed E-state index contributed by atoms with van der Waals surface area (Å²) in [6.45, 7) is 7.98. The third kappa shape index (κ3) is 7.73. The molecule has 3 aromatic rings. The van der Waals surface area contributed by atoms with E-state index in [4.69, 9.17) is 4.74 Å². The number of rotatable bonds is 8. The van der Waals surface area contributed by atoms with Crippen molar-refractivity contribution in [3.05, 3.63) is 70.1 Å². The molecule has 2 aromatic heterocycles. The molecule has 9 heteroatoms. The topological polar surface area (TPSA) is 71.4 Å². The Morgan fingerprint density at radius 3 is 2.77 bits per heavy atom. The van der Waals surface area contributed by atoms with Gasteiger partial charge in [0.25, 0.3) is 0 Å². The number of hydrogen-bond acceptors (Lipinski definition) is 5.